The van der Waals surface area contributed by atoms with E-state index in [0.29, 0.717) is 172 Å². The number of rotatable bonds is 36. The number of piperazine rings is 1. The van der Waals surface area contributed by atoms with Gasteiger partial charge in [0.25, 0.3) is 31.7 Å². The van der Waals surface area contributed by atoms with E-state index in [4.69, 9.17) is 30.5 Å². The van der Waals surface area contributed by atoms with E-state index in [9.17, 15) is 57.6 Å². The highest BCUT2D eigenvalue weighted by Crippen LogP contribution is 2.46. The first-order valence-electron chi connectivity index (χ1n) is 37.1. The maximum atomic E-state index is 15.9. The van der Waals surface area contributed by atoms with Gasteiger partial charge in [-0.2, -0.15) is 13.2 Å². The Bertz CT molecular complexity index is 5090. The lowest BCUT2D eigenvalue weighted by molar-refractivity contribution is -0.136. The third-order valence-electron chi connectivity index (χ3n) is 19.9. The molecule has 3 fully saturated rings. The average molecular weight is 1660 g/mol. The number of likely N-dealkylation sites (tertiary alicyclic amines) is 1. The number of nitrogens with zero attached hydrogens (tertiary/aromatic N) is 8. The van der Waals surface area contributed by atoms with Crippen LogP contribution < -0.4 is 30.5 Å². The minimum absolute atomic E-state index is 0.0101. The van der Waals surface area contributed by atoms with E-state index < -0.39 is 92.2 Å². The number of hydrogen-bond donors (Lipinski definition) is 4. The number of ether oxygens (including phenoxy) is 4. The van der Waals surface area contributed by atoms with Gasteiger partial charge in [-0.15, -0.1) is 16.9 Å². The van der Waals surface area contributed by atoms with Crippen molar-refractivity contribution in [3.05, 3.63) is 173 Å². The van der Waals surface area contributed by atoms with Crippen LogP contribution in [0.15, 0.2) is 159 Å². The third-order valence-corrected chi connectivity index (χ3v) is 25.5. The molecule has 0 radical (unpaired) electrons. The number of amides is 4. The van der Waals surface area contributed by atoms with Gasteiger partial charge in [0, 0.05) is 140 Å². The Morgan fingerprint density at radius 2 is 1.40 bits per heavy atom. The summed E-state index contributed by atoms with van der Waals surface area (Å²) < 4.78 is 172. The SMILES string of the molecule is Cc1c(S(C)(=O)=O)c(-c2cc(F)cc(N3CCN(c4ccc(NS(=O)(=O)c5ccc(N[C@H](CCN6CCC(OCCCn7cc(COCCOCCOCCNc8cccc9c8C(=O)N(C8CCC(=O)NC8=O)C9=O)nn7)CC6)CSc6ccccc6)c(S(=O)(=O)C(F)(F)F)c5)cc4)CC3)c2)c(-c2ccc(Cl)cc2)n1C(C)C. The molecule has 113 heavy (non-hydrogen) atoms. The summed E-state index contributed by atoms with van der Waals surface area (Å²) in [5.41, 5.74) is -0.864. The molecule has 6 aromatic carbocycles. The third kappa shape index (κ3) is 20.4. The summed E-state index contributed by atoms with van der Waals surface area (Å²) in [5.74, 6) is -2.55. The van der Waals surface area contributed by atoms with Crippen LogP contribution in [0.2, 0.25) is 5.02 Å². The predicted octanol–water partition coefficient (Wildman–Crippen LogP) is 11.5. The van der Waals surface area contributed by atoms with Gasteiger partial charge in [0.05, 0.1) is 84.2 Å². The van der Waals surface area contributed by atoms with Crippen LogP contribution in [0.25, 0.3) is 22.4 Å². The highest BCUT2D eigenvalue weighted by Gasteiger charge is 2.49. The van der Waals surface area contributed by atoms with E-state index in [1.165, 1.54) is 42.1 Å². The zero-order valence-corrected chi connectivity index (χ0v) is 66.7. The fourth-order valence-corrected chi connectivity index (χ4v) is 18.9. The Balaban J connectivity index is 0.579. The molecule has 1 unspecified atom stereocenters. The molecule has 6 heterocycles. The quantitative estimate of drug-likeness (QED) is 0.0123. The summed E-state index contributed by atoms with van der Waals surface area (Å²) in [7, 11) is -14.7. The molecule has 2 atom stereocenters. The molecule has 12 rings (SSSR count). The molecule has 0 saturated carbocycles. The molecule has 4 aliphatic heterocycles. The van der Waals surface area contributed by atoms with Gasteiger partial charge < -0.3 is 48.8 Å². The Labute approximate surface area is 663 Å². The molecular formula is C78H89ClF4N12O14S4. The first-order valence-corrected chi connectivity index (χ1v) is 43.3. The maximum absolute atomic E-state index is 15.9. The van der Waals surface area contributed by atoms with Crippen molar-refractivity contribution in [3.8, 4) is 22.4 Å². The Morgan fingerprint density at radius 1 is 0.708 bits per heavy atom. The lowest BCUT2D eigenvalue weighted by Gasteiger charge is -2.37. The summed E-state index contributed by atoms with van der Waals surface area (Å²) in [6.45, 7) is 12.3. The number of halogens is 5. The number of carbonyl (C=O) groups is 4. The normalized spacial score (nSPS) is 16.5. The molecule has 0 aliphatic carbocycles. The molecule has 4 N–H and O–H groups in total. The monoisotopic (exact) mass is 1660 g/mol. The lowest BCUT2D eigenvalue weighted by atomic mass is 9.99. The van der Waals surface area contributed by atoms with Gasteiger partial charge in [0.2, 0.25) is 11.8 Å². The number of sulfone groups is 2. The summed E-state index contributed by atoms with van der Waals surface area (Å²) >= 11 is 7.71. The minimum Gasteiger partial charge on any atom is -0.382 e. The first kappa shape index (κ1) is 83.5. The molecule has 0 spiro atoms. The molecule has 4 aliphatic rings. The number of carbonyl (C=O) groups excluding carboxylic acids is 4. The fraction of sp³-hybridized carbons (Fsp3) is 0.410. The van der Waals surface area contributed by atoms with Crippen LogP contribution in [0.1, 0.15) is 90.5 Å². The van der Waals surface area contributed by atoms with Crippen molar-refractivity contribution in [1.82, 2.24) is 34.7 Å². The lowest BCUT2D eigenvalue weighted by Crippen LogP contribution is -2.54. The summed E-state index contributed by atoms with van der Waals surface area (Å²) in [6, 6.07) is 32.9. The molecule has 26 nitrogen and oxygen atoms in total. The summed E-state index contributed by atoms with van der Waals surface area (Å²) in [5, 5.41) is 17.3. The van der Waals surface area contributed by atoms with Crippen LogP contribution in [0, 0.1) is 12.7 Å². The average Bonchev–Trinajstić information content (AvgIpc) is 1.57. The Kier molecular flexibility index (Phi) is 27.1. The number of aromatic nitrogens is 4. The second-order valence-corrected chi connectivity index (χ2v) is 35.3. The largest absolute Gasteiger partial charge is 0.501 e. The van der Waals surface area contributed by atoms with Gasteiger partial charge in [0.1, 0.15) is 22.4 Å². The zero-order valence-electron chi connectivity index (χ0n) is 62.7. The molecule has 8 aromatic rings. The smallest absolute Gasteiger partial charge is 0.382 e. The van der Waals surface area contributed by atoms with E-state index in [-0.39, 0.29) is 59.9 Å². The molecule has 3 saturated heterocycles. The number of anilines is 5. The van der Waals surface area contributed by atoms with Crippen LogP contribution in [0.5, 0.6) is 0 Å². The van der Waals surface area contributed by atoms with E-state index >= 15 is 4.39 Å². The highest BCUT2D eigenvalue weighted by molar-refractivity contribution is 7.99. The summed E-state index contributed by atoms with van der Waals surface area (Å²) in [4.78, 5) is 56.8. The van der Waals surface area contributed by atoms with Gasteiger partial charge in [-0.3, -0.25) is 38.8 Å². The number of nitrogens with one attached hydrogen (secondary N) is 4. The van der Waals surface area contributed by atoms with Crippen LogP contribution in [0.3, 0.4) is 0 Å². The van der Waals surface area contributed by atoms with Crippen LogP contribution >= 0.6 is 23.4 Å². The van der Waals surface area contributed by atoms with Crippen molar-refractivity contribution >= 4 is 105 Å². The van der Waals surface area contributed by atoms with Crippen molar-refractivity contribution < 1.29 is 80.9 Å². The van der Waals surface area contributed by atoms with Crippen molar-refractivity contribution in [2.75, 3.05) is 129 Å². The number of thioether (sulfide) groups is 1. The Morgan fingerprint density at radius 3 is 2.08 bits per heavy atom. The van der Waals surface area contributed by atoms with E-state index in [1.807, 2.05) is 58.5 Å². The second kappa shape index (κ2) is 36.7. The standard InChI is InChI=1S/C78H89ClF4N12O14S4/c1-51(2)94-52(3)74(111(4,100)101)71(73(94)53-14-16-55(79)17-15-53)54-44-56(80)46-61(45-54)92-36-34-91(35-37-92)60-20-18-57(19-21-60)88-113(104,105)64-22-23-66(69(47-64)112(102,103)78(81,82)83)85-58(50-110-63-10-6-5-7-11-63)26-31-90-32-27-62(28-33-90)109-38-9-30-93-48-59(87-89-93)49-108-43-42-107-41-40-106-39-29-84-67-13-8-12-65-72(67)77(99)95(76(65)98)68-24-25-70(96)86-75(68)97/h5-8,10-23,44-48,51,58,62,68,84-85,88H,9,24-43,49-50H2,1-4H3,(H,86,96,97)/t58-,68?/m1/s1. The maximum Gasteiger partial charge on any atom is 0.501 e. The van der Waals surface area contributed by atoms with Crippen molar-refractivity contribution in [3.63, 3.8) is 0 Å². The van der Waals surface area contributed by atoms with Gasteiger partial charge in [0.15, 0.2) is 9.84 Å². The molecule has 35 heteroatoms. The predicted molar refractivity (Wildman–Crippen MR) is 422 cm³/mol. The van der Waals surface area contributed by atoms with E-state index in [1.54, 1.807) is 72.4 Å². The summed E-state index contributed by atoms with van der Waals surface area (Å²) in [6.07, 6.45) is 5.54. The van der Waals surface area contributed by atoms with Gasteiger partial charge >= 0.3 is 5.51 Å². The van der Waals surface area contributed by atoms with Crippen LogP contribution in [0.4, 0.5) is 46.0 Å². The number of aryl methyl sites for hydroxylation is 1. The molecule has 604 valence electrons. The number of piperidine rings is 2. The van der Waals surface area contributed by atoms with Crippen molar-refractivity contribution in [2.24, 2.45) is 0 Å². The first-order chi connectivity index (χ1) is 54.0. The van der Waals surface area contributed by atoms with Gasteiger partial charge in [-0.1, -0.05) is 53.2 Å². The topological polar surface area (TPSA) is 304 Å². The molecule has 0 bridgehead atoms. The molecule has 2 aromatic heterocycles. The van der Waals surface area contributed by atoms with Gasteiger partial charge in [-0.05, 0) is 161 Å². The van der Waals surface area contributed by atoms with Crippen molar-refractivity contribution in [1.29, 1.82) is 0 Å². The Hall–Kier alpha value is -8.97. The highest BCUT2D eigenvalue weighted by atomic mass is 35.5. The fourth-order valence-electron chi connectivity index (χ4n) is 14.5. The number of alkyl halides is 3. The van der Waals surface area contributed by atoms with Gasteiger partial charge in [-0.25, -0.2) is 29.6 Å². The zero-order chi connectivity index (χ0) is 80.4. The van der Waals surface area contributed by atoms with E-state index in [2.05, 4.69) is 35.9 Å². The van der Waals surface area contributed by atoms with Crippen LogP contribution in [-0.4, -0.2) is 206 Å². The van der Waals surface area contributed by atoms with Crippen molar-refractivity contribution in [2.45, 2.75) is 122 Å². The van der Waals surface area contributed by atoms with Crippen LogP contribution in [-0.2, 0) is 71.4 Å². The minimum atomic E-state index is -6.12. The number of benzene rings is 6. The second-order valence-electron chi connectivity index (χ2n) is 28.2. The molecular weight excluding hydrogens is 1570 g/mol. The molecule has 4 amide bonds. The number of sulfonamides is 1. The number of imide groups is 2. The number of fused-ring (bicyclic) bond motifs is 1. The van der Waals surface area contributed by atoms with E-state index in [0.717, 1.165) is 41.0 Å². The number of hydrogen-bond acceptors (Lipinski definition) is 22.